The summed E-state index contributed by atoms with van der Waals surface area (Å²) in [6.45, 7) is 5.34. The van der Waals surface area contributed by atoms with Gasteiger partial charge in [0.05, 0.1) is 4.92 Å². The number of nitro benzene ring substituents is 1. The molecule has 1 aromatic carbocycles. The van der Waals surface area contributed by atoms with Crippen molar-refractivity contribution in [3.05, 3.63) is 52.1 Å². The molecule has 0 aliphatic carbocycles. The van der Waals surface area contributed by atoms with Crippen molar-refractivity contribution in [3.8, 4) is 0 Å². The van der Waals surface area contributed by atoms with Crippen molar-refractivity contribution in [1.29, 1.82) is 0 Å². The second kappa shape index (κ2) is 5.42. The lowest BCUT2D eigenvalue weighted by molar-refractivity contribution is -0.385. The first-order chi connectivity index (χ1) is 7.56. The third-order valence-corrected chi connectivity index (χ3v) is 2.54. The molecular weight excluding hydrogens is 204 g/mol. The number of aryl methyl sites for hydroxylation is 1. The monoisotopic (exact) mass is 220 g/mol. The molecule has 16 heavy (non-hydrogen) atoms. The Morgan fingerprint density at radius 1 is 1.62 bits per heavy atom. The van der Waals surface area contributed by atoms with Crippen LogP contribution in [-0.4, -0.2) is 4.92 Å². The molecule has 0 aliphatic rings. The van der Waals surface area contributed by atoms with Crippen molar-refractivity contribution in [2.75, 3.05) is 0 Å². The Hall–Kier alpha value is -1.68. The number of hydrogen-bond acceptors (Lipinski definition) is 3. The molecule has 0 bridgehead atoms. The molecule has 1 atom stereocenters. The maximum atomic E-state index is 10.8. The van der Waals surface area contributed by atoms with Crippen LogP contribution in [0.5, 0.6) is 0 Å². The Morgan fingerprint density at radius 2 is 2.31 bits per heavy atom. The summed E-state index contributed by atoms with van der Waals surface area (Å²) in [7, 11) is 0. The molecule has 1 aromatic rings. The summed E-state index contributed by atoms with van der Waals surface area (Å²) >= 11 is 0. The van der Waals surface area contributed by atoms with Crippen molar-refractivity contribution in [3.63, 3.8) is 0 Å². The van der Waals surface area contributed by atoms with Crippen LogP contribution in [0.3, 0.4) is 0 Å². The van der Waals surface area contributed by atoms with Crippen molar-refractivity contribution in [2.24, 2.45) is 5.73 Å². The first-order valence-corrected chi connectivity index (χ1v) is 5.17. The lowest BCUT2D eigenvalue weighted by Gasteiger charge is -2.11. The summed E-state index contributed by atoms with van der Waals surface area (Å²) in [5.41, 5.74) is 7.52. The molecule has 0 saturated heterocycles. The molecule has 0 aliphatic heterocycles. The highest BCUT2D eigenvalue weighted by molar-refractivity contribution is 5.43. The van der Waals surface area contributed by atoms with E-state index in [9.17, 15) is 10.1 Å². The predicted molar refractivity (Wildman–Crippen MR) is 64.2 cm³/mol. The van der Waals surface area contributed by atoms with Gasteiger partial charge < -0.3 is 5.73 Å². The van der Waals surface area contributed by atoms with E-state index in [0.717, 1.165) is 18.4 Å². The number of nitrogens with two attached hydrogens (primary N) is 1. The zero-order chi connectivity index (χ0) is 12.1. The standard InChI is InChI=1S/C12H16N2O2/c1-3-4-5-11(13)10-7-6-9(2)12(8-10)14(15)16/h3,6-8,11H,1,4-5,13H2,2H3/t11-/m0/s1. The molecule has 0 unspecified atom stereocenters. The van der Waals surface area contributed by atoms with Crippen LogP contribution in [0.15, 0.2) is 30.9 Å². The number of hydrogen-bond donors (Lipinski definition) is 1. The zero-order valence-corrected chi connectivity index (χ0v) is 9.35. The third kappa shape index (κ3) is 2.90. The molecule has 0 heterocycles. The Kier molecular flexibility index (Phi) is 4.19. The van der Waals surface area contributed by atoms with Crippen LogP contribution in [0.4, 0.5) is 5.69 Å². The van der Waals surface area contributed by atoms with Crippen LogP contribution in [0.2, 0.25) is 0 Å². The largest absolute Gasteiger partial charge is 0.324 e. The fourth-order valence-electron chi connectivity index (χ4n) is 1.52. The van der Waals surface area contributed by atoms with Gasteiger partial charge in [0, 0.05) is 17.7 Å². The molecule has 0 fully saturated rings. The van der Waals surface area contributed by atoms with Gasteiger partial charge in [0.25, 0.3) is 5.69 Å². The molecule has 1 rings (SSSR count). The maximum Gasteiger partial charge on any atom is 0.272 e. The van der Waals surface area contributed by atoms with E-state index in [1.165, 1.54) is 0 Å². The number of nitro groups is 1. The van der Waals surface area contributed by atoms with Crippen LogP contribution >= 0.6 is 0 Å². The molecule has 4 nitrogen and oxygen atoms in total. The lowest BCUT2D eigenvalue weighted by atomic mass is 10.0. The average molecular weight is 220 g/mol. The second-order valence-electron chi connectivity index (χ2n) is 3.78. The molecule has 0 radical (unpaired) electrons. The Morgan fingerprint density at radius 3 is 2.88 bits per heavy atom. The van der Waals surface area contributed by atoms with Gasteiger partial charge in [-0.2, -0.15) is 0 Å². The van der Waals surface area contributed by atoms with Gasteiger partial charge in [-0.15, -0.1) is 6.58 Å². The van der Waals surface area contributed by atoms with Gasteiger partial charge in [-0.25, -0.2) is 0 Å². The highest BCUT2D eigenvalue weighted by Crippen LogP contribution is 2.24. The Bertz CT molecular complexity index is 402. The molecule has 2 N–H and O–H groups in total. The Labute approximate surface area is 94.9 Å². The van der Waals surface area contributed by atoms with Crippen molar-refractivity contribution in [1.82, 2.24) is 0 Å². The van der Waals surface area contributed by atoms with Gasteiger partial charge in [-0.05, 0) is 25.3 Å². The lowest BCUT2D eigenvalue weighted by Crippen LogP contribution is -2.10. The van der Waals surface area contributed by atoms with Crippen LogP contribution in [-0.2, 0) is 0 Å². The van der Waals surface area contributed by atoms with E-state index in [1.807, 2.05) is 6.07 Å². The van der Waals surface area contributed by atoms with E-state index < -0.39 is 0 Å². The average Bonchev–Trinajstić information content (AvgIpc) is 2.26. The van der Waals surface area contributed by atoms with E-state index >= 15 is 0 Å². The van der Waals surface area contributed by atoms with E-state index in [-0.39, 0.29) is 16.7 Å². The molecule has 0 aromatic heterocycles. The fourth-order valence-corrected chi connectivity index (χ4v) is 1.52. The highest BCUT2D eigenvalue weighted by atomic mass is 16.6. The van der Waals surface area contributed by atoms with Crippen LogP contribution < -0.4 is 5.73 Å². The molecule has 0 spiro atoms. The fraction of sp³-hybridized carbons (Fsp3) is 0.333. The van der Waals surface area contributed by atoms with Gasteiger partial charge in [-0.3, -0.25) is 10.1 Å². The highest BCUT2D eigenvalue weighted by Gasteiger charge is 2.13. The maximum absolute atomic E-state index is 10.8. The zero-order valence-electron chi connectivity index (χ0n) is 9.35. The van der Waals surface area contributed by atoms with Gasteiger partial charge in [0.1, 0.15) is 0 Å². The summed E-state index contributed by atoms with van der Waals surface area (Å²) in [5.74, 6) is 0. The number of benzene rings is 1. The Balaban J connectivity index is 2.93. The van der Waals surface area contributed by atoms with Crippen molar-refractivity contribution >= 4 is 5.69 Å². The smallest absolute Gasteiger partial charge is 0.272 e. The minimum absolute atomic E-state index is 0.131. The van der Waals surface area contributed by atoms with Crippen molar-refractivity contribution in [2.45, 2.75) is 25.8 Å². The summed E-state index contributed by atoms with van der Waals surface area (Å²) in [4.78, 5) is 10.4. The SMILES string of the molecule is C=CCC[C@H](N)c1ccc(C)c([N+](=O)[O-])c1. The van der Waals surface area contributed by atoms with E-state index in [1.54, 1.807) is 25.1 Å². The number of allylic oxidation sites excluding steroid dienone is 1. The molecule has 0 amide bonds. The summed E-state index contributed by atoms with van der Waals surface area (Å²) in [6.07, 6.45) is 3.36. The van der Waals surface area contributed by atoms with Gasteiger partial charge in [0.2, 0.25) is 0 Å². The minimum Gasteiger partial charge on any atom is -0.324 e. The van der Waals surface area contributed by atoms with E-state index in [0.29, 0.717) is 5.56 Å². The second-order valence-corrected chi connectivity index (χ2v) is 3.78. The minimum atomic E-state index is -0.376. The third-order valence-electron chi connectivity index (χ3n) is 2.54. The number of nitrogens with zero attached hydrogens (tertiary/aromatic N) is 1. The summed E-state index contributed by atoms with van der Waals surface area (Å²) < 4.78 is 0. The molecular formula is C12H16N2O2. The van der Waals surface area contributed by atoms with Gasteiger partial charge in [0.15, 0.2) is 0 Å². The van der Waals surface area contributed by atoms with Crippen molar-refractivity contribution < 1.29 is 4.92 Å². The van der Waals surface area contributed by atoms with E-state index in [2.05, 4.69) is 6.58 Å². The summed E-state index contributed by atoms with van der Waals surface area (Å²) in [5, 5.41) is 10.8. The molecule has 86 valence electrons. The van der Waals surface area contributed by atoms with Crippen LogP contribution in [0.1, 0.15) is 30.0 Å². The molecule has 0 saturated carbocycles. The summed E-state index contributed by atoms with van der Waals surface area (Å²) in [6, 6.07) is 4.97. The molecule has 4 heteroatoms. The predicted octanol–water partition coefficient (Wildman–Crippen LogP) is 2.87. The first kappa shape index (κ1) is 12.4. The quantitative estimate of drug-likeness (QED) is 0.471. The first-order valence-electron chi connectivity index (χ1n) is 5.17. The van der Waals surface area contributed by atoms with Crippen LogP contribution in [0.25, 0.3) is 0 Å². The van der Waals surface area contributed by atoms with Gasteiger partial charge >= 0.3 is 0 Å². The number of rotatable bonds is 5. The van der Waals surface area contributed by atoms with Crippen LogP contribution in [0, 0.1) is 17.0 Å². The normalized spacial score (nSPS) is 12.1. The van der Waals surface area contributed by atoms with E-state index in [4.69, 9.17) is 5.73 Å². The van der Waals surface area contributed by atoms with Gasteiger partial charge in [-0.1, -0.05) is 18.2 Å². The topological polar surface area (TPSA) is 69.2 Å².